The molecule has 7 heteroatoms. The molecule has 0 bridgehead atoms. The van der Waals surface area contributed by atoms with E-state index < -0.39 is 5.60 Å². The van der Waals surface area contributed by atoms with Crippen LogP contribution < -0.4 is 5.32 Å². The molecule has 1 aromatic carbocycles. The van der Waals surface area contributed by atoms with Gasteiger partial charge in [0.2, 0.25) is 0 Å². The number of piperazine rings is 1. The molecule has 3 aromatic rings. The smallest absolute Gasteiger partial charge is 0.410 e. The van der Waals surface area contributed by atoms with Crippen molar-refractivity contribution in [3.05, 3.63) is 60.2 Å². The lowest BCUT2D eigenvalue weighted by Crippen LogP contribution is -2.50. The third-order valence-corrected chi connectivity index (χ3v) is 4.95. The number of amides is 1. The van der Waals surface area contributed by atoms with Gasteiger partial charge in [-0.05, 0) is 44.5 Å². The van der Waals surface area contributed by atoms with Crippen LogP contribution in [-0.2, 0) is 4.74 Å². The summed E-state index contributed by atoms with van der Waals surface area (Å²) in [6.07, 6.45) is 3.41. The van der Waals surface area contributed by atoms with Gasteiger partial charge in [-0.25, -0.2) is 13.7 Å². The van der Waals surface area contributed by atoms with Crippen LogP contribution >= 0.6 is 0 Å². The molecule has 1 N–H and O–H groups in total. The number of hydrogen-bond acceptors (Lipinski definition) is 4. The van der Waals surface area contributed by atoms with E-state index in [9.17, 15) is 9.18 Å². The molecule has 0 saturated carbocycles. The maximum Gasteiger partial charge on any atom is 0.410 e. The topological polar surface area (TPSA) is 58.9 Å². The fraction of sp³-hybridized carbons (Fsp3) is 0.364. The molecule has 1 fully saturated rings. The lowest BCUT2D eigenvalue weighted by molar-refractivity contribution is 0.0119. The van der Waals surface area contributed by atoms with E-state index in [-0.39, 0.29) is 18.0 Å². The average molecular weight is 396 g/mol. The first-order valence-electron chi connectivity index (χ1n) is 9.75. The molecule has 152 valence electrons. The van der Waals surface area contributed by atoms with Crippen molar-refractivity contribution in [1.82, 2.24) is 19.8 Å². The number of benzene rings is 1. The molecule has 6 nitrogen and oxygen atoms in total. The zero-order chi connectivity index (χ0) is 20.6. The molecule has 1 aliphatic rings. The van der Waals surface area contributed by atoms with Gasteiger partial charge in [-0.15, -0.1) is 0 Å². The van der Waals surface area contributed by atoms with Gasteiger partial charge in [0.1, 0.15) is 11.4 Å². The number of rotatable bonds is 2. The molecule has 3 heterocycles. The quantitative estimate of drug-likeness (QED) is 0.711. The van der Waals surface area contributed by atoms with Gasteiger partial charge >= 0.3 is 6.09 Å². The first kappa shape index (κ1) is 19.4. The predicted octanol–water partition coefficient (Wildman–Crippen LogP) is 4.02. The highest BCUT2D eigenvalue weighted by Gasteiger charge is 2.33. The Kier molecular flexibility index (Phi) is 5.00. The molecule has 2 aromatic heterocycles. The SMILES string of the molecule is CC(C)(C)OC(=O)N1CCNCC1c1cnn2cc(-c3ccc(F)cc3)ccc12. The fourth-order valence-electron chi connectivity index (χ4n) is 3.60. The Morgan fingerprint density at radius 2 is 1.90 bits per heavy atom. The van der Waals surface area contributed by atoms with Gasteiger partial charge in [0.25, 0.3) is 0 Å². The Hall–Kier alpha value is -2.93. The summed E-state index contributed by atoms with van der Waals surface area (Å²) in [6.45, 7) is 7.55. The highest BCUT2D eigenvalue weighted by Crippen LogP contribution is 2.29. The van der Waals surface area contributed by atoms with Gasteiger partial charge in [-0.2, -0.15) is 5.10 Å². The number of carbonyl (C=O) groups excluding carboxylic acids is 1. The Morgan fingerprint density at radius 3 is 2.62 bits per heavy atom. The van der Waals surface area contributed by atoms with Crippen molar-refractivity contribution in [2.45, 2.75) is 32.4 Å². The van der Waals surface area contributed by atoms with Crippen molar-refractivity contribution in [2.75, 3.05) is 19.6 Å². The maximum absolute atomic E-state index is 13.2. The second kappa shape index (κ2) is 7.48. The molecule has 1 saturated heterocycles. The van der Waals surface area contributed by atoms with Gasteiger partial charge in [0.05, 0.1) is 17.8 Å². The van der Waals surface area contributed by atoms with Gasteiger partial charge in [-0.1, -0.05) is 18.2 Å². The number of ether oxygens (including phenoxy) is 1. The van der Waals surface area contributed by atoms with E-state index in [0.717, 1.165) is 28.8 Å². The van der Waals surface area contributed by atoms with Crippen LogP contribution in [0, 0.1) is 5.82 Å². The summed E-state index contributed by atoms with van der Waals surface area (Å²) in [5.41, 5.74) is 3.21. The van der Waals surface area contributed by atoms with Crippen LogP contribution in [0.2, 0.25) is 0 Å². The van der Waals surface area contributed by atoms with Crippen LogP contribution in [0.25, 0.3) is 16.6 Å². The van der Waals surface area contributed by atoms with Crippen LogP contribution in [0.15, 0.2) is 48.8 Å². The van der Waals surface area contributed by atoms with E-state index in [2.05, 4.69) is 10.4 Å². The molecular formula is C22H25FN4O2. The number of fused-ring (bicyclic) bond motifs is 1. The fourth-order valence-corrected chi connectivity index (χ4v) is 3.60. The number of aromatic nitrogens is 2. The molecule has 4 rings (SSSR count). The van der Waals surface area contributed by atoms with E-state index in [1.54, 1.807) is 27.7 Å². The summed E-state index contributed by atoms with van der Waals surface area (Å²) in [6, 6.07) is 10.2. The summed E-state index contributed by atoms with van der Waals surface area (Å²) in [4.78, 5) is 14.5. The number of carbonyl (C=O) groups is 1. The van der Waals surface area contributed by atoms with Gasteiger partial charge in [0.15, 0.2) is 0 Å². The van der Waals surface area contributed by atoms with E-state index in [1.165, 1.54) is 12.1 Å². The van der Waals surface area contributed by atoms with Crippen molar-refractivity contribution in [3.63, 3.8) is 0 Å². The minimum Gasteiger partial charge on any atom is -0.444 e. The van der Waals surface area contributed by atoms with Crippen LogP contribution in [0.4, 0.5) is 9.18 Å². The van der Waals surface area contributed by atoms with E-state index in [0.29, 0.717) is 13.1 Å². The molecule has 29 heavy (non-hydrogen) atoms. The van der Waals surface area contributed by atoms with Crippen LogP contribution in [0.5, 0.6) is 0 Å². The molecule has 0 spiro atoms. The monoisotopic (exact) mass is 396 g/mol. The first-order valence-corrected chi connectivity index (χ1v) is 9.75. The minimum absolute atomic E-state index is 0.159. The van der Waals surface area contributed by atoms with Crippen molar-refractivity contribution >= 4 is 11.6 Å². The first-order chi connectivity index (χ1) is 13.8. The third kappa shape index (κ3) is 4.10. The number of pyridine rings is 1. The zero-order valence-electron chi connectivity index (χ0n) is 16.9. The third-order valence-electron chi connectivity index (χ3n) is 4.95. The second-order valence-electron chi connectivity index (χ2n) is 8.25. The Balaban J connectivity index is 1.65. The number of hydrogen-bond donors (Lipinski definition) is 1. The Bertz CT molecular complexity index is 1020. The Labute approximate surface area is 169 Å². The second-order valence-corrected chi connectivity index (χ2v) is 8.25. The van der Waals surface area contributed by atoms with Crippen LogP contribution in [-0.4, -0.2) is 45.8 Å². The van der Waals surface area contributed by atoms with Crippen molar-refractivity contribution < 1.29 is 13.9 Å². The minimum atomic E-state index is -0.544. The molecule has 0 aliphatic carbocycles. The maximum atomic E-state index is 13.2. The lowest BCUT2D eigenvalue weighted by Gasteiger charge is -2.36. The van der Waals surface area contributed by atoms with Crippen molar-refractivity contribution in [2.24, 2.45) is 0 Å². The summed E-state index contributed by atoms with van der Waals surface area (Å²) in [5, 5.41) is 7.86. The molecular weight excluding hydrogens is 371 g/mol. The molecule has 1 aliphatic heterocycles. The molecule has 0 radical (unpaired) electrons. The Morgan fingerprint density at radius 1 is 1.17 bits per heavy atom. The van der Waals surface area contributed by atoms with Gasteiger partial charge in [0, 0.05) is 37.0 Å². The van der Waals surface area contributed by atoms with Crippen molar-refractivity contribution in [3.8, 4) is 11.1 Å². The van der Waals surface area contributed by atoms with Crippen LogP contribution in [0.3, 0.4) is 0 Å². The molecule has 1 amide bonds. The van der Waals surface area contributed by atoms with E-state index in [4.69, 9.17) is 4.74 Å². The highest BCUT2D eigenvalue weighted by molar-refractivity contribution is 5.71. The van der Waals surface area contributed by atoms with Crippen LogP contribution in [0.1, 0.15) is 32.4 Å². The standard InChI is InChI=1S/C22H25FN4O2/c1-22(2,3)29-21(28)26-11-10-24-13-20(26)18-12-25-27-14-16(6-9-19(18)27)15-4-7-17(23)8-5-15/h4-9,12,14,20,24H,10-11,13H2,1-3H3. The average Bonchev–Trinajstić information content (AvgIpc) is 3.10. The number of nitrogens with zero attached hydrogens (tertiary/aromatic N) is 3. The van der Waals surface area contributed by atoms with Gasteiger partial charge in [-0.3, -0.25) is 4.90 Å². The van der Waals surface area contributed by atoms with E-state index >= 15 is 0 Å². The summed E-state index contributed by atoms with van der Waals surface area (Å²) in [5.74, 6) is -0.261. The zero-order valence-corrected chi connectivity index (χ0v) is 16.9. The largest absolute Gasteiger partial charge is 0.444 e. The van der Waals surface area contributed by atoms with E-state index in [1.807, 2.05) is 39.1 Å². The molecule has 1 unspecified atom stereocenters. The molecule has 1 atom stereocenters. The normalized spacial score (nSPS) is 17.5. The number of nitrogens with one attached hydrogen (secondary N) is 1. The highest BCUT2D eigenvalue weighted by atomic mass is 19.1. The summed E-state index contributed by atoms with van der Waals surface area (Å²) >= 11 is 0. The summed E-state index contributed by atoms with van der Waals surface area (Å²) < 4.78 is 20.6. The van der Waals surface area contributed by atoms with Gasteiger partial charge < -0.3 is 10.1 Å². The number of halogens is 1. The summed E-state index contributed by atoms with van der Waals surface area (Å²) in [7, 11) is 0. The van der Waals surface area contributed by atoms with Crippen molar-refractivity contribution in [1.29, 1.82) is 0 Å². The predicted molar refractivity (Wildman–Crippen MR) is 109 cm³/mol. The lowest BCUT2D eigenvalue weighted by atomic mass is 10.0.